The zero-order valence-electron chi connectivity index (χ0n) is 12.2. The van der Waals surface area contributed by atoms with E-state index in [2.05, 4.69) is 9.97 Å². The molecule has 6 nitrogen and oxygen atoms in total. The van der Waals surface area contributed by atoms with Crippen LogP contribution in [0.5, 0.6) is 0 Å². The number of hydrogen-bond acceptors (Lipinski definition) is 3. The van der Waals surface area contributed by atoms with Crippen molar-refractivity contribution in [2.75, 3.05) is 0 Å². The predicted molar refractivity (Wildman–Crippen MR) is 81.9 cm³/mol. The topological polar surface area (TPSA) is 72.7 Å². The maximum Gasteiger partial charge on any atom is 0.329 e. The van der Waals surface area contributed by atoms with Gasteiger partial charge in [0.15, 0.2) is 0 Å². The summed E-state index contributed by atoms with van der Waals surface area (Å²) in [6.07, 6.45) is 6.96. The SMILES string of the molecule is CC(C)c1c(Cl)[nH]c(=O)n(CCCCn2ccnc2)c1=O. The number of nitrogens with zero attached hydrogens (tertiary/aromatic N) is 3. The maximum absolute atomic E-state index is 12.3. The quantitative estimate of drug-likeness (QED) is 0.655. The smallest absolute Gasteiger partial charge is 0.329 e. The Balaban J connectivity index is 2.08. The molecule has 0 atom stereocenters. The number of H-pyrrole nitrogens is 1. The molecular formula is C14H19ClN4O2. The summed E-state index contributed by atoms with van der Waals surface area (Å²) in [5.74, 6) is -0.0287. The molecule has 2 aromatic heterocycles. The first-order valence-electron chi connectivity index (χ1n) is 6.99. The molecule has 0 unspecified atom stereocenters. The molecule has 0 aromatic carbocycles. The summed E-state index contributed by atoms with van der Waals surface area (Å²) in [5, 5.41) is 0.148. The average Bonchev–Trinajstić information content (AvgIpc) is 2.89. The van der Waals surface area contributed by atoms with E-state index in [-0.39, 0.29) is 16.6 Å². The number of aromatic amines is 1. The number of halogens is 1. The van der Waals surface area contributed by atoms with E-state index in [1.165, 1.54) is 4.57 Å². The highest BCUT2D eigenvalue weighted by molar-refractivity contribution is 6.30. The second-order valence-corrected chi connectivity index (χ2v) is 5.65. The molecule has 0 aliphatic heterocycles. The van der Waals surface area contributed by atoms with E-state index in [9.17, 15) is 9.59 Å². The molecule has 0 aliphatic rings. The Labute approximate surface area is 127 Å². The average molecular weight is 311 g/mol. The highest BCUT2D eigenvalue weighted by Gasteiger charge is 2.15. The van der Waals surface area contributed by atoms with E-state index in [0.717, 1.165) is 19.4 Å². The lowest BCUT2D eigenvalue weighted by Crippen LogP contribution is -2.37. The van der Waals surface area contributed by atoms with Gasteiger partial charge in [0, 0.05) is 25.5 Å². The van der Waals surface area contributed by atoms with Gasteiger partial charge in [0.05, 0.1) is 11.9 Å². The summed E-state index contributed by atoms with van der Waals surface area (Å²) in [6.45, 7) is 4.96. The van der Waals surface area contributed by atoms with E-state index in [4.69, 9.17) is 11.6 Å². The highest BCUT2D eigenvalue weighted by atomic mass is 35.5. The molecule has 0 radical (unpaired) electrons. The minimum atomic E-state index is -0.447. The first kappa shape index (κ1) is 15.6. The van der Waals surface area contributed by atoms with E-state index >= 15 is 0 Å². The number of nitrogens with one attached hydrogen (secondary N) is 1. The summed E-state index contributed by atoms with van der Waals surface area (Å²) in [5.41, 5.74) is -0.274. The molecule has 0 bridgehead atoms. The van der Waals surface area contributed by atoms with E-state index < -0.39 is 5.69 Å². The Morgan fingerprint density at radius 2 is 2.00 bits per heavy atom. The van der Waals surface area contributed by atoms with Gasteiger partial charge in [-0.3, -0.25) is 14.3 Å². The number of hydrogen-bond donors (Lipinski definition) is 1. The molecule has 0 spiro atoms. The second-order valence-electron chi connectivity index (χ2n) is 5.28. The number of imidazole rings is 1. The van der Waals surface area contributed by atoms with Crippen molar-refractivity contribution < 1.29 is 0 Å². The zero-order chi connectivity index (χ0) is 15.4. The van der Waals surface area contributed by atoms with Crippen molar-refractivity contribution in [3.8, 4) is 0 Å². The Morgan fingerprint density at radius 3 is 2.62 bits per heavy atom. The maximum atomic E-state index is 12.3. The minimum absolute atomic E-state index is 0.0287. The lowest BCUT2D eigenvalue weighted by Gasteiger charge is -2.11. The van der Waals surface area contributed by atoms with Crippen LogP contribution in [0.3, 0.4) is 0 Å². The molecule has 0 amide bonds. The van der Waals surface area contributed by atoms with Crippen LogP contribution in [0.1, 0.15) is 38.2 Å². The van der Waals surface area contributed by atoms with Crippen LogP contribution in [0.15, 0.2) is 28.3 Å². The molecule has 7 heteroatoms. The first-order valence-corrected chi connectivity index (χ1v) is 7.36. The van der Waals surface area contributed by atoms with Crippen LogP contribution in [0, 0.1) is 0 Å². The number of aryl methyl sites for hydroxylation is 1. The Bertz CT molecular complexity index is 701. The summed E-state index contributed by atoms with van der Waals surface area (Å²) in [7, 11) is 0. The lowest BCUT2D eigenvalue weighted by molar-refractivity contribution is 0.524. The Morgan fingerprint density at radius 1 is 1.29 bits per heavy atom. The summed E-state index contributed by atoms with van der Waals surface area (Å²) in [6, 6.07) is 0. The number of unbranched alkanes of at least 4 members (excludes halogenated alkanes) is 1. The van der Waals surface area contributed by atoms with E-state index in [0.29, 0.717) is 12.1 Å². The normalized spacial score (nSPS) is 11.2. The van der Waals surface area contributed by atoms with Crippen molar-refractivity contribution in [1.82, 2.24) is 19.1 Å². The predicted octanol–water partition coefficient (Wildman–Crippen LogP) is 1.99. The van der Waals surface area contributed by atoms with Gasteiger partial charge < -0.3 is 4.57 Å². The zero-order valence-corrected chi connectivity index (χ0v) is 12.9. The molecule has 114 valence electrons. The fourth-order valence-electron chi connectivity index (χ4n) is 2.25. The second kappa shape index (κ2) is 6.76. The van der Waals surface area contributed by atoms with Crippen molar-refractivity contribution in [2.45, 2.75) is 45.7 Å². The van der Waals surface area contributed by atoms with Crippen LogP contribution in [-0.2, 0) is 13.1 Å². The Kier molecular flexibility index (Phi) is 5.01. The van der Waals surface area contributed by atoms with Crippen molar-refractivity contribution in [3.05, 3.63) is 50.3 Å². The fourth-order valence-corrected chi connectivity index (χ4v) is 2.63. The summed E-state index contributed by atoms with van der Waals surface area (Å²) in [4.78, 5) is 30.7. The molecule has 2 rings (SSSR count). The van der Waals surface area contributed by atoms with Gasteiger partial charge in [0.25, 0.3) is 5.56 Å². The van der Waals surface area contributed by atoms with Gasteiger partial charge in [-0.2, -0.15) is 0 Å². The molecule has 0 aliphatic carbocycles. The highest BCUT2D eigenvalue weighted by Crippen LogP contribution is 2.16. The Hall–Kier alpha value is -1.82. The van der Waals surface area contributed by atoms with Crippen LogP contribution in [0.2, 0.25) is 5.15 Å². The molecule has 2 aromatic rings. The van der Waals surface area contributed by atoms with Crippen LogP contribution < -0.4 is 11.2 Å². The van der Waals surface area contributed by atoms with Gasteiger partial charge in [-0.05, 0) is 18.8 Å². The standard InChI is InChI=1S/C14H19ClN4O2/c1-10(2)11-12(15)17-14(21)19(13(11)20)7-4-3-6-18-8-5-16-9-18/h5,8-10H,3-4,6-7H2,1-2H3,(H,17,21). The van der Waals surface area contributed by atoms with Crippen LogP contribution >= 0.6 is 11.6 Å². The largest absolute Gasteiger partial charge is 0.337 e. The van der Waals surface area contributed by atoms with Gasteiger partial charge in [-0.15, -0.1) is 0 Å². The lowest BCUT2D eigenvalue weighted by atomic mass is 10.1. The van der Waals surface area contributed by atoms with Crippen LogP contribution in [-0.4, -0.2) is 19.1 Å². The fraction of sp³-hybridized carbons (Fsp3) is 0.500. The summed E-state index contributed by atoms with van der Waals surface area (Å²) < 4.78 is 3.20. The van der Waals surface area contributed by atoms with E-state index in [1.54, 1.807) is 12.5 Å². The molecule has 0 fully saturated rings. The summed E-state index contributed by atoms with van der Waals surface area (Å²) >= 11 is 5.95. The van der Waals surface area contributed by atoms with Crippen LogP contribution in [0.4, 0.5) is 0 Å². The van der Waals surface area contributed by atoms with Gasteiger partial charge in [0.1, 0.15) is 5.15 Å². The molecule has 0 saturated heterocycles. The molecular weight excluding hydrogens is 292 g/mol. The van der Waals surface area contributed by atoms with Crippen molar-refractivity contribution in [2.24, 2.45) is 0 Å². The monoisotopic (exact) mass is 310 g/mol. The molecule has 21 heavy (non-hydrogen) atoms. The van der Waals surface area contributed by atoms with Gasteiger partial charge in [-0.25, -0.2) is 9.78 Å². The molecule has 2 heterocycles. The van der Waals surface area contributed by atoms with Crippen LogP contribution in [0.25, 0.3) is 0 Å². The first-order chi connectivity index (χ1) is 10.0. The van der Waals surface area contributed by atoms with Gasteiger partial charge in [0.2, 0.25) is 0 Å². The number of rotatable bonds is 6. The third-order valence-corrected chi connectivity index (χ3v) is 3.66. The van der Waals surface area contributed by atoms with Gasteiger partial charge >= 0.3 is 5.69 Å². The molecule has 0 saturated carbocycles. The van der Waals surface area contributed by atoms with Crippen molar-refractivity contribution in [1.29, 1.82) is 0 Å². The minimum Gasteiger partial charge on any atom is -0.337 e. The van der Waals surface area contributed by atoms with Crippen molar-refractivity contribution in [3.63, 3.8) is 0 Å². The third-order valence-electron chi connectivity index (χ3n) is 3.36. The van der Waals surface area contributed by atoms with E-state index in [1.807, 2.05) is 24.6 Å². The molecule has 1 N–H and O–H groups in total. The number of aromatic nitrogens is 4. The van der Waals surface area contributed by atoms with Crippen molar-refractivity contribution >= 4 is 11.6 Å². The third kappa shape index (κ3) is 3.64. The van der Waals surface area contributed by atoms with Gasteiger partial charge in [-0.1, -0.05) is 25.4 Å².